The Morgan fingerprint density at radius 1 is 1.00 bits per heavy atom. The molecule has 1 unspecified atom stereocenters. The summed E-state index contributed by atoms with van der Waals surface area (Å²) in [5, 5.41) is 10.0. The Labute approximate surface area is 232 Å². The standard InChI is InChI=1S/C25H32F3N3O5S3/c1-24(32,25(26,27)28)19-9-11-20(12-10-19)31-14-13-29(39(35,36)23-6-4-3-5-22(23)37)16-21(31)17-30(38(2,33)34)15-18-7-8-18/h3-6,9-12,18,21,32,37H,7-8,13-17H2,1-2H3/t21-,24?/m1/s1. The number of alkyl halides is 3. The number of aliphatic hydroxyl groups is 1. The minimum atomic E-state index is -4.88. The first-order valence-corrected chi connectivity index (χ1v) is 16.1. The van der Waals surface area contributed by atoms with Crippen LogP contribution in [0.5, 0.6) is 0 Å². The van der Waals surface area contributed by atoms with Crippen molar-refractivity contribution in [3.05, 3.63) is 54.1 Å². The number of sulfonamides is 2. The molecule has 216 valence electrons. The van der Waals surface area contributed by atoms with Gasteiger partial charge in [-0.2, -0.15) is 21.8 Å². The van der Waals surface area contributed by atoms with Gasteiger partial charge in [0.25, 0.3) is 0 Å². The molecule has 0 aromatic heterocycles. The van der Waals surface area contributed by atoms with Crippen LogP contribution in [0.25, 0.3) is 0 Å². The van der Waals surface area contributed by atoms with E-state index in [2.05, 4.69) is 12.6 Å². The molecule has 1 heterocycles. The van der Waals surface area contributed by atoms with E-state index in [1.165, 1.54) is 38.9 Å². The second-order valence-corrected chi connectivity index (χ2v) is 14.7. The predicted octanol–water partition coefficient (Wildman–Crippen LogP) is 3.30. The zero-order valence-corrected chi connectivity index (χ0v) is 24.1. The van der Waals surface area contributed by atoms with Crippen molar-refractivity contribution in [3.63, 3.8) is 0 Å². The van der Waals surface area contributed by atoms with Crippen molar-refractivity contribution in [1.82, 2.24) is 8.61 Å². The van der Waals surface area contributed by atoms with Crippen LogP contribution in [0.1, 0.15) is 25.3 Å². The van der Waals surface area contributed by atoms with Crippen LogP contribution in [-0.2, 0) is 25.6 Å². The number of benzene rings is 2. The smallest absolute Gasteiger partial charge is 0.376 e. The largest absolute Gasteiger partial charge is 0.421 e. The van der Waals surface area contributed by atoms with Gasteiger partial charge in [0.15, 0.2) is 5.60 Å². The van der Waals surface area contributed by atoms with Crippen LogP contribution in [0.2, 0.25) is 0 Å². The summed E-state index contributed by atoms with van der Waals surface area (Å²) in [5.74, 6) is 0.247. The van der Waals surface area contributed by atoms with Crippen LogP contribution in [0.15, 0.2) is 58.3 Å². The maximum absolute atomic E-state index is 13.5. The highest BCUT2D eigenvalue weighted by Crippen LogP contribution is 2.39. The van der Waals surface area contributed by atoms with Crippen molar-refractivity contribution < 1.29 is 35.1 Å². The summed E-state index contributed by atoms with van der Waals surface area (Å²) in [7, 11) is -7.56. The molecule has 0 bridgehead atoms. The van der Waals surface area contributed by atoms with Crippen molar-refractivity contribution in [3.8, 4) is 0 Å². The number of rotatable bonds is 9. The van der Waals surface area contributed by atoms with Gasteiger partial charge in [0, 0.05) is 43.3 Å². The first kappa shape index (κ1) is 30.1. The lowest BCUT2D eigenvalue weighted by atomic mass is 9.95. The summed E-state index contributed by atoms with van der Waals surface area (Å²) in [6.45, 7) is 1.21. The topological polar surface area (TPSA) is 98.2 Å². The van der Waals surface area contributed by atoms with E-state index < -0.39 is 37.9 Å². The van der Waals surface area contributed by atoms with Gasteiger partial charge in [0.2, 0.25) is 20.0 Å². The molecular weight excluding hydrogens is 575 g/mol. The van der Waals surface area contributed by atoms with Crippen LogP contribution in [0.3, 0.4) is 0 Å². The van der Waals surface area contributed by atoms with Crippen molar-refractivity contribution in [2.45, 2.75) is 47.4 Å². The number of halogens is 3. The third-order valence-electron chi connectivity index (χ3n) is 7.28. The molecule has 0 radical (unpaired) electrons. The molecule has 4 rings (SSSR count). The highest BCUT2D eigenvalue weighted by Gasteiger charge is 2.51. The van der Waals surface area contributed by atoms with E-state index in [-0.39, 0.29) is 47.5 Å². The molecule has 1 N–H and O–H groups in total. The molecule has 1 aliphatic heterocycles. The van der Waals surface area contributed by atoms with Gasteiger partial charge in [-0.1, -0.05) is 24.3 Å². The fraction of sp³-hybridized carbons (Fsp3) is 0.520. The molecule has 0 spiro atoms. The van der Waals surface area contributed by atoms with E-state index in [0.29, 0.717) is 19.2 Å². The Morgan fingerprint density at radius 3 is 2.15 bits per heavy atom. The average Bonchev–Trinajstić information content (AvgIpc) is 3.67. The van der Waals surface area contributed by atoms with Crippen molar-refractivity contribution in [2.75, 3.05) is 43.9 Å². The maximum Gasteiger partial charge on any atom is 0.421 e. The Balaban J connectivity index is 1.66. The Kier molecular flexibility index (Phi) is 8.39. The lowest BCUT2D eigenvalue weighted by Crippen LogP contribution is -2.59. The van der Waals surface area contributed by atoms with E-state index in [4.69, 9.17) is 0 Å². The summed E-state index contributed by atoms with van der Waals surface area (Å²) in [5.41, 5.74) is -2.89. The molecule has 2 atom stereocenters. The van der Waals surface area contributed by atoms with E-state index in [0.717, 1.165) is 19.1 Å². The highest BCUT2D eigenvalue weighted by atomic mass is 32.2. The molecule has 0 amide bonds. The quantitative estimate of drug-likeness (QED) is 0.425. The second-order valence-electron chi connectivity index (χ2n) is 10.3. The van der Waals surface area contributed by atoms with Gasteiger partial charge in [-0.25, -0.2) is 16.8 Å². The number of nitrogens with zero attached hydrogens (tertiary/aromatic N) is 3. The average molecular weight is 608 g/mol. The lowest BCUT2D eigenvalue weighted by molar-refractivity contribution is -0.258. The molecule has 2 aromatic rings. The molecular formula is C25H32F3N3O5S3. The van der Waals surface area contributed by atoms with Crippen molar-refractivity contribution in [1.29, 1.82) is 0 Å². The van der Waals surface area contributed by atoms with Crippen LogP contribution < -0.4 is 4.90 Å². The molecule has 2 aromatic carbocycles. The van der Waals surface area contributed by atoms with E-state index in [1.807, 2.05) is 4.90 Å². The SMILES string of the molecule is CC(O)(c1ccc(N2CCN(S(=O)(=O)c3ccccc3S)C[C@@H]2CN(CC2CC2)S(C)(=O)=O)cc1)C(F)(F)F. The van der Waals surface area contributed by atoms with Crippen LogP contribution >= 0.6 is 12.6 Å². The number of thiol groups is 1. The van der Waals surface area contributed by atoms with Crippen molar-refractivity contribution in [2.24, 2.45) is 5.92 Å². The number of hydrogen-bond donors (Lipinski definition) is 2. The Morgan fingerprint density at radius 2 is 1.62 bits per heavy atom. The minimum Gasteiger partial charge on any atom is -0.376 e. The van der Waals surface area contributed by atoms with E-state index in [9.17, 15) is 35.1 Å². The van der Waals surface area contributed by atoms with Gasteiger partial charge < -0.3 is 10.0 Å². The Hall–Kier alpha value is -1.84. The van der Waals surface area contributed by atoms with Crippen molar-refractivity contribution >= 4 is 38.4 Å². The van der Waals surface area contributed by atoms with Gasteiger partial charge in [-0.15, -0.1) is 12.6 Å². The third-order valence-corrected chi connectivity index (χ3v) is 11.0. The molecule has 1 aliphatic carbocycles. The third kappa shape index (κ3) is 6.57. The maximum atomic E-state index is 13.5. The fourth-order valence-electron chi connectivity index (χ4n) is 4.67. The summed E-state index contributed by atoms with van der Waals surface area (Å²) in [6, 6.07) is 10.9. The molecule has 1 saturated carbocycles. The number of anilines is 1. The zero-order chi connectivity index (χ0) is 28.8. The van der Waals surface area contributed by atoms with Crippen LogP contribution in [0.4, 0.5) is 18.9 Å². The summed E-state index contributed by atoms with van der Waals surface area (Å²) < 4.78 is 94.9. The molecule has 2 aliphatic rings. The van der Waals surface area contributed by atoms with Crippen LogP contribution in [0, 0.1) is 5.92 Å². The summed E-state index contributed by atoms with van der Waals surface area (Å²) in [4.78, 5) is 2.14. The summed E-state index contributed by atoms with van der Waals surface area (Å²) in [6.07, 6.45) is -1.93. The van der Waals surface area contributed by atoms with Gasteiger partial charge >= 0.3 is 6.18 Å². The molecule has 1 saturated heterocycles. The van der Waals surface area contributed by atoms with Gasteiger partial charge in [0.1, 0.15) is 0 Å². The first-order chi connectivity index (χ1) is 18.0. The summed E-state index contributed by atoms with van der Waals surface area (Å²) >= 11 is 4.29. The van der Waals surface area contributed by atoms with E-state index >= 15 is 0 Å². The van der Waals surface area contributed by atoms with Gasteiger partial charge in [-0.3, -0.25) is 0 Å². The molecule has 39 heavy (non-hydrogen) atoms. The number of piperazine rings is 1. The zero-order valence-electron chi connectivity index (χ0n) is 21.5. The van der Waals surface area contributed by atoms with Gasteiger partial charge in [-0.05, 0) is 55.5 Å². The lowest BCUT2D eigenvalue weighted by Gasteiger charge is -2.43. The Bertz CT molecular complexity index is 1400. The number of hydrogen-bond acceptors (Lipinski definition) is 7. The highest BCUT2D eigenvalue weighted by molar-refractivity contribution is 7.90. The second kappa shape index (κ2) is 10.9. The van der Waals surface area contributed by atoms with Crippen LogP contribution in [-0.4, -0.2) is 81.8 Å². The normalized spacial score (nSPS) is 21.2. The first-order valence-electron chi connectivity index (χ1n) is 12.4. The predicted molar refractivity (Wildman–Crippen MR) is 145 cm³/mol. The fourth-order valence-corrected chi connectivity index (χ4v) is 7.65. The molecule has 14 heteroatoms. The molecule has 8 nitrogen and oxygen atoms in total. The minimum absolute atomic E-state index is 0.00585. The molecule has 2 fully saturated rings. The van der Waals surface area contributed by atoms with Gasteiger partial charge in [0.05, 0.1) is 17.2 Å². The van der Waals surface area contributed by atoms with E-state index in [1.54, 1.807) is 18.2 Å². The monoisotopic (exact) mass is 607 g/mol.